The van der Waals surface area contributed by atoms with Gasteiger partial charge in [0.25, 0.3) is 0 Å². The van der Waals surface area contributed by atoms with Crippen LogP contribution in [0.3, 0.4) is 0 Å². The van der Waals surface area contributed by atoms with Crippen molar-refractivity contribution in [3.05, 3.63) is 12.2 Å². The lowest BCUT2D eigenvalue weighted by Crippen LogP contribution is -2.05. The highest BCUT2D eigenvalue weighted by molar-refractivity contribution is 5.91. The van der Waals surface area contributed by atoms with Crippen LogP contribution >= 0.6 is 0 Å². The van der Waals surface area contributed by atoms with Crippen molar-refractivity contribution in [3.8, 4) is 0 Å². The first-order valence-electron chi connectivity index (χ1n) is 4.33. The van der Waals surface area contributed by atoms with Crippen LogP contribution in [0.4, 0.5) is 0 Å². The maximum atomic E-state index is 10.8. The summed E-state index contributed by atoms with van der Waals surface area (Å²) in [7, 11) is 0. The molecular weight excluding hydrogens is 188 g/mol. The van der Waals surface area contributed by atoms with Gasteiger partial charge >= 0.3 is 11.9 Å². The Morgan fingerprint density at radius 3 is 2.29 bits per heavy atom. The van der Waals surface area contributed by atoms with Gasteiger partial charge in [0.2, 0.25) is 0 Å². The quantitative estimate of drug-likeness (QED) is 0.374. The van der Waals surface area contributed by atoms with Gasteiger partial charge in [0.1, 0.15) is 0 Å². The average molecular weight is 202 g/mol. The Morgan fingerprint density at radius 1 is 1.21 bits per heavy atom. The van der Waals surface area contributed by atoms with Gasteiger partial charge in [0.05, 0.1) is 13.2 Å². The summed E-state index contributed by atoms with van der Waals surface area (Å²) in [6.45, 7) is 2.05. The number of aliphatic hydroxyl groups excluding tert-OH is 1. The van der Waals surface area contributed by atoms with E-state index in [-0.39, 0.29) is 19.8 Å². The van der Waals surface area contributed by atoms with Gasteiger partial charge in [-0.05, 0) is 6.92 Å². The van der Waals surface area contributed by atoms with Crippen LogP contribution in [0, 0.1) is 0 Å². The third kappa shape index (κ3) is 7.30. The van der Waals surface area contributed by atoms with Crippen LogP contribution in [0.5, 0.6) is 0 Å². The second-order valence-electron chi connectivity index (χ2n) is 2.33. The molecule has 0 saturated heterocycles. The van der Waals surface area contributed by atoms with Crippen molar-refractivity contribution in [1.29, 1.82) is 0 Å². The fourth-order valence-corrected chi connectivity index (χ4v) is 0.612. The van der Waals surface area contributed by atoms with E-state index in [1.165, 1.54) is 0 Å². The lowest BCUT2D eigenvalue weighted by molar-refractivity contribution is -0.140. The molecule has 0 aliphatic rings. The van der Waals surface area contributed by atoms with E-state index in [1.807, 2.05) is 0 Å². The van der Waals surface area contributed by atoms with Gasteiger partial charge in [-0.2, -0.15) is 0 Å². The summed E-state index contributed by atoms with van der Waals surface area (Å²) in [4.78, 5) is 21.5. The lowest BCUT2D eigenvalue weighted by Gasteiger charge is -1.98. The molecule has 0 rings (SSSR count). The van der Waals surface area contributed by atoms with Gasteiger partial charge in [-0.3, -0.25) is 0 Å². The molecule has 14 heavy (non-hydrogen) atoms. The maximum Gasteiger partial charge on any atom is 0.331 e. The first-order chi connectivity index (χ1) is 6.70. The van der Waals surface area contributed by atoms with Crippen LogP contribution in [0.2, 0.25) is 0 Å². The Hall–Kier alpha value is -1.36. The first kappa shape index (κ1) is 12.6. The van der Waals surface area contributed by atoms with E-state index in [4.69, 9.17) is 5.11 Å². The number of esters is 2. The summed E-state index contributed by atoms with van der Waals surface area (Å²) in [6.07, 6.45) is 2.39. The predicted octanol–water partition coefficient (Wildman–Crippen LogP) is 0.0313. The third-order valence-electron chi connectivity index (χ3n) is 1.19. The van der Waals surface area contributed by atoms with Gasteiger partial charge < -0.3 is 14.6 Å². The van der Waals surface area contributed by atoms with Crippen molar-refractivity contribution in [3.63, 3.8) is 0 Å². The molecular formula is C9H14O5. The van der Waals surface area contributed by atoms with E-state index < -0.39 is 11.9 Å². The highest BCUT2D eigenvalue weighted by atomic mass is 16.5. The second-order valence-corrected chi connectivity index (χ2v) is 2.33. The molecule has 0 unspecified atom stereocenters. The van der Waals surface area contributed by atoms with Crippen molar-refractivity contribution in [1.82, 2.24) is 0 Å². The zero-order valence-electron chi connectivity index (χ0n) is 8.06. The molecule has 0 bridgehead atoms. The number of hydrogen-bond donors (Lipinski definition) is 1. The molecule has 0 aromatic rings. The zero-order chi connectivity index (χ0) is 10.8. The topological polar surface area (TPSA) is 72.8 Å². The molecule has 0 fully saturated rings. The van der Waals surface area contributed by atoms with Gasteiger partial charge in [-0.15, -0.1) is 0 Å². The minimum atomic E-state index is -0.619. The standard InChI is InChI=1S/C9H14O5/c1-2-13-8(11)4-5-9(12)14-7-3-6-10/h4-5,10H,2-3,6-7H2,1H3/b5-4-. The summed E-state index contributed by atoms with van der Waals surface area (Å²) < 4.78 is 9.16. The second kappa shape index (κ2) is 8.25. The van der Waals surface area contributed by atoms with E-state index in [0.717, 1.165) is 12.2 Å². The van der Waals surface area contributed by atoms with E-state index >= 15 is 0 Å². The van der Waals surface area contributed by atoms with Crippen molar-refractivity contribution in [2.45, 2.75) is 13.3 Å². The van der Waals surface area contributed by atoms with E-state index in [0.29, 0.717) is 6.42 Å². The van der Waals surface area contributed by atoms with Crippen LogP contribution in [-0.2, 0) is 19.1 Å². The van der Waals surface area contributed by atoms with E-state index in [9.17, 15) is 9.59 Å². The number of carbonyl (C=O) groups is 2. The highest BCUT2D eigenvalue weighted by Crippen LogP contribution is 1.87. The average Bonchev–Trinajstić information content (AvgIpc) is 2.16. The zero-order valence-corrected chi connectivity index (χ0v) is 8.06. The maximum absolute atomic E-state index is 10.8. The molecule has 1 N–H and O–H groups in total. The number of hydrogen-bond acceptors (Lipinski definition) is 5. The molecule has 0 amide bonds. The molecule has 0 aliphatic heterocycles. The van der Waals surface area contributed by atoms with Gasteiger partial charge in [0, 0.05) is 25.2 Å². The minimum Gasteiger partial charge on any atom is -0.463 e. The van der Waals surface area contributed by atoms with Crippen LogP contribution < -0.4 is 0 Å². The highest BCUT2D eigenvalue weighted by Gasteiger charge is 1.99. The molecule has 0 aliphatic carbocycles. The van der Waals surface area contributed by atoms with Gasteiger partial charge in [-0.1, -0.05) is 0 Å². The Kier molecular flexibility index (Phi) is 7.45. The van der Waals surface area contributed by atoms with Crippen molar-refractivity contribution < 1.29 is 24.2 Å². The number of rotatable bonds is 6. The van der Waals surface area contributed by atoms with Crippen LogP contribution in [0.1, 0.15) is 13.3 Å². The molecule has 5 heteroatoms. The SMILES string of the molecule is CCOC(=O)/C=C\C(=O)OCCCO. The molecule has 80 valence electrons. The Bertz CT molecular complexity index is 209. The number of aliphatic hydroxyl groups is 1. The molecule has 0 saturated carbocycles. The molecule has 0 aromatic carbocycles. The minimum absolute atomic E-state index is 0.0329. The normalized spacial score (nSPS) is 10.1. The predicted molar refractivity (Wildman–Crippen MR) is 48.4 cm³/mol. The van der Waals surface area contributed by atoms with Crippen molar-refractivity contribution in [2.75, 3.05) is 19.8 Å². The summed E-state index contributed by atoms with van der Waals surface area (Å²) >= 11 is 0. The fraction of sp³-hybridized carbons (Fsp3) is 0.556. The Balaban J connectivity index is 3.64. The molecule has 5 nitrogen and oxygen atoms in total. The summed E-state index contributed by atoms with van der Waals surface area (Å²) in [5.41, 5.74) is 0. The molecule has 0 aromatic heterocycles. The van der Waals surface area contributed by atoms with Crippen LogP contribution in [-0.4, -0.2) is 36.9 Å². The van der Waals surface area contributed by atoms with Crippen molar-refractivity contribution in [2.24, 2.45) is 0 Å². The Labute approximate surface area is 82.3 Å². The first-order valence-corrected chi connectivity index (χ1v) is 4.33. The van der Waals surface area contributed by atoms with Gasteiger partial charge in [0.15, 0.2) is 0 Å². The smallest absolute Gasteiger partial charge is 0.331 e. The van der Waals surface area contributed by atoms with Crippen LogP contribution in [0.25, 0.3) is 0 Å². The van der Waals surface area contributed by atoms with E-state index in [2.05, 4.69) is 9.47 Å². The van der Waals surface area contributed by atoms with Crippen LogP contribution in [0.15, 0.2) is 12.2 Å². The largest absolute Gasteiger partial charge is 0.463 e. The molecule has 0 heterocycles. The van der Waals surface area contributed by atoms with Crippen molar-refractivity contribution >= 4 is 11.9 Å². The summed E-state index contributed by atoms with van der Waals surface area (Å²) in [5, 5.41) is 8.38. The molecule has 0 spiro atoms. The Morgan fingerprint density at radius 2 is 1.79 bits per heavy atom. The monoisotopic (exact) mass is 202 g/mol. The fourth-order valence-electron chi connectivity index (χ4n) is 0.612. The lowest BCUT2D eigenvalue weighted by atomic mass is 10.5. The third-order valence-corrected chi connectivity index (χ3v) is 1.19. The number of carbonyl (C=O) groups excluding carboxylic acids is 2. The number of ether oxygens (including phenoxy) is 2. The summed E-state index contributed by atoms with van der Waals surface area (Å²) in [5.74, 6) is -1.20. The van der Waals surface area contributed by atoms with E-state index in [1.54, 1.807) is 6.92 Å². The molecule has 0 atom stereocenters. The summed E-state index contributed by atoms with van der Waals surface area (Å²) in [6, 6.07) is 0. The van der Waals surface area contributed by atoms with Gasteiger partial charge in [-0.25, -0.2) is 9.59 Å². The molecule has 0 radical (unpaired) electrons.